The SMILES string of the molecule is OC[C@H]1O[C@@](O)(S[C@]2(O)O[C@H](CO)[C@H](O)[C@@](O)(n3cc(-c4cccc(F)c4)nn3)[C@H]2O)[C@H](O)[C@](O)(n2cc(-c3cccc(F)c3)nn2)[C@H]1O. The molecule has 0 amide bonds. The number of hydrogen-bond donors (Lipinski definition) is 10. The van der Waals surface area contributed by atoms with E-state index in [9.17, 15) is 59.8 Å². The lowest BCUT2D eigenvalue weighted by Gasteiger charge is -2.55. The van der Waals surface area contributed by atoms with Crippen LogP contribution in [0.2, 0.25) is 0 Å². The van der Waals surface area contributed by atoms with Crippen molar-refractivity contribution in [1.82, 2.24) is 30.0 Å². The van der Waals surface area contributed by atoms with Crippen molar-refractivity contribution in [2.75, 3.05) is 13.2 Å². The minimum Gasteiger partial charge on any atom is -0.394 e. The van der Waals surface area contributed by atoms with Crippen LogP contribution in [0.25, 0.3) is 22.5 Å². The number of thioether (sulfide) groups is 1. The number of rotatable bonds is 8. The fourth-order valence-electron chi connectivity index (χ4n) is 5.70. The first-order valence-corrected chi connectivity index (χ1v) is 15.2. The zero-order valence-electron chi connectivity index (χ0n) is 24.8. The Balaban J connectivity index is 1.37. The smallest absolute Gasteiger partial charge is 0.253 e. The molecule has 2 fully saturated rings. The molecule has 0 bridgehead atoms. The topological polar surface area (TPSA) is 282 Å². The van der Waals surface area contributed by atoms with Gasteiger partial charge < -0.3 is 60.5 Å². The number of aliphatic hydroxyl groups is 10. The molecule has 18 nitrogen and oxygen atoms in total. The summed E-state index contributed by atoms with van der Waals surface area (Å²) in [5.41, 5.74) is -6.11. The molecule has 264 valence electrons. The van der Waals surface area contributed by atoms with Gasteiger partial charge in [0.25, 0.3) is 10.2 Å². The third-order valence-corrected chi connectivity index (χ3v) is 9.55. The Kier molecular flexibility index (Phi) is 9.11. The van der Waals surface area contributed by atoms with Gasteiger partial charge in [-0.05, 0) is 36.0 Å². The maximum atomic E-state index is 13.8. The zero-order valence-corrected chi connectivity index (χ0v) is 25.6. The lowest BCUT2D eigenvalue weighted by atomic mass is 9.91. The molecular formula is C28H30F2N6O12S. The fraction of sp³-hybridized carbons (Fsp3) is 0.429. The minimum absolute atomic E-state index is 0.0736. The van der Waals surface area contributed by atoms with E-state index < -0.39 is 94.9 Å². The predicted octanol–water partition coefficient (Wildman–Crippen LogP) is -3.28. The van der Waals surface area contributed by atoms with Gasteiger partial charge in [-0.2, -0.15) is 0 Å². The Morgan fingerprint density at radius 1 is 0.673 bits per heavy atom. The average Bonchev–Trinajstić information content (AvgIpc) is 3.78. The van der Waals surface area contributed by atoms with Crippen LogP contribution >= 0.6 is 11.8 Å². The summed E-state index contributed by atoms with van der Waals surface area (Å²) in [6, 6.07) is 10.0. The van der Waals surface area contributed by atoms with Gasteiger partial charge in [0.2, 0.25) is 11.4 Å². The van der Waals surface area contributed by atoms with Crippen molar-refractivity contribution in [3.63, 3.8) is 0 Å². The van der Waals surface area contributed by atoms with Crippen molar-refractivity contribution in [2.45, 2.75) is 58.3 Å². The summed E-state index contributed by atoms with van der Waals surface area (Å²) in [6.07, 6.45) is -12.1. The minimum atomic E-state index is -3.39. The number of nitrogens with zero attached hydrogens (tertiary/aromatic N) is 6. The van der Waals surface area contributed by atoms with E-state index in [1.54, 1.807) is 0 Å². The molecule has 21 heteroatoms. The molecule has 2 aliphatic heterocycles. The lowest BCUT2D eigenvalue weighted by molar-refractivity contribution is -0.379. The zero-order chi connectivity index (χ0) is 35.5. The molecule has 6 rings (SSSR count). The van der Waals surface area contributed by atoms with E-state index in [-0.39, 0.29) is 22.5 Å². The molecule has 0 unspecified atom stereocenters. The fourth-order valence-corrected chi connectivity index (χ4v) is 7.03. The molecule has 2 aromatic carbocycles. The summed E-state index contributed by atoms with van der Waals surface area (Å²) in [5, 5.41) is 120. The first-order valence-electron chi connectivity index (χ1n) is 14.4. The summed E-state index contributed by atoms with van der Waals surface area (Å²) in [7, 11) is 0. The molecule has 10 N–H and O–H groups in total. The third kappa shape index (κ3) is 5.71. The van der Waals surface area contributed by atoms with Crippen molar-refractivity contribution in [3.8, 4) is 22.5 Å². The number of aliphatic hydroxyl groups excluding tert-OH is 6. The molecule has 2 aromatic heterocycles. The predicted molar refractivity (Wildman–Crippen MR) is 157 cm³/mol. The highest BCUT2D eigenvalue weighted by molar-refractivity contribution is 8.01. The summed E-state index contributed by atoms with van der Waals surface area (Å²) in [4.78, 5) is 0. The van der Waals surface area contributed by atoms with Crippen molar-refractivity contribution >= 4 is 11.8 Å². The quantitative estimate of drug-likeness (QED) is 0.0802. The Morgan fingerprint density at radius 2 is 1.06 bits per heavy atom. The van der Waals surface area contributed by atoms with Gasteiger partial charge in [-0.3, -0.25) is 0 Å². The van der Waals surface area contributed by atoms with E-state index in [0.717, 1.165) is 36.7 Å². The molecule has 4 aromatic rings. The van der Waals surface area contributed by atoms with Crippen LogP contribution in [0.15, 0.2) is 60.9 Å². The maximum absolute atomic E-state index is 13.8. The summed E-state index contributed by atoms with van der Waals surface area (Å²) in [5.74, 6) is -1.30. The lowest BCUT2D eigenvalue weighted by Crippen LogP contribution is -2.75. The molecule has 49 heavy (non-hydrogen) atoms. The van der Waals surface area contributed by atoms with Crippen LogP contribution in [0, 0.1) is 11.6 Å². The van der Waals surface area contributed by atoms with Gasteiger partial charge in [0.1, 0.15) is 47.4 Å². The van der Waals surface area contributed by atoms with Gasteiger partial charge in [0, 0.05) is 11.1 Å². The number of benzene rings is 2. The van der Waals surface area contributed by atoms with E-state index >= 15 is 0 Å². The number of aromatic nitrogens is 6. The maximum Gasteiger partial charge on any atom is 0.253 e. The summed E-state index contributed by atoms with van der Waals surface area (Å²) < 4.78 is 39.3. The second kappa shape index (κ2) is 12.6. The molecule has 2 aliphatic rings. The van der Waals surface area contributed by atoms with Crippen LogP contribution in [0.3, 0.4) is 0 Å². The third-order valence-electron chi connectivity index (χ3n) is 8.33. The van der Waals surface area contributed by atoms with Crippen LogP contribution in [-0.2, 0) is 20.9 Å². The Labute approximate surface area is 277 Å². The largest absolute Gasteiger partial charge is 0.394 e. The van der Waals surface area contributed by atoms with Crippen LogP contribution < -0.4 is 0 Å². The van der Waals surface area contributed by atoms with Crippen LogP contribution in [0.5, 0.6) is 0 Å². The van der Waals surface area contributed by atoms with Crippen molar-refractivity contribution in [2.24, 2.45) is 0 Å². The first-order chi connectivity index (χ1) is 23.1. The van der Waals surface area contributed by atoms with E-state index in [2.05, 4.69) is 20.6 Å². The van der Waals surface area contributed by atoms with E-state index in [1.807, 2.05) is 0 Å². The summed E-state index contributed by atoms with van der Waals surface area (Å²) in [6.45, 7) is -2.26. The summed E-state index contributed by atoms with van der Waals surface area (Å²) >= 11 is -0.411. The highest BCUT2D eigenvalue weighted by atomic mass is 32.2. The van der Waals surface area contributed by atoms with Gasteiger partial charge in [-0.15, -0.1) is 10.2 Å². The molecule has 0 radical (unpaired) electrons. The standard InChI is InChI=1S/C28H30F2N6O12S/c29-15-5-1-3-13(7-15)17-9-35(33-31-17)25(43)21(39)19(11-37)47-27(45,23(25)41)49-28(46)24(42)26(44,22(40)20(12-38)48-28)36-10-18(32-34-36)14-4-2-6-16(30)8-14/h1-10,19-24,37-46H,11-12H2/t19-,20-,21+,22+,23-,24-,25+,26+,27-,28-/m1/s1. The highest BCUT2D eigenvalue weighted by Crippen LogP contribution is 2.53. The van der Waals surface area contributed by atoms with Gasteiger partial charge in [-0.25, -0.2) is 18.1 Å². The second-order valence-corrected chi connectivity index (χ2v) is 12.8. The van der Waals surface area contributed by atoms with Crippen LogP contribution in [0.1, 0.15) is 0 Å². The number of ether oxygens (including phenoxy) is 2. The highest BCUT2D eigenvalue weighted by Gasteiger charge is 2.71. The normalized spacial score (nSPS) is 36.6. The van der Waals surface area contributed by atoms with Gasteiger partial charge in [-0.1, -0.05) is 34.7 Å². The molecule has 0 spiro atoms. The van der Waals surface area contributed by atoms with Crippen LogP contribution in [0.4, 0.5) is 8.78 Å². The van der Waals surface area contributed by atoms with Gasteiger partial charge in [0.15, 0.2) is 12.2 Å². The van der Waals surface area contributed by atoms with Crippen molar-refractivity contribution in [1.29, 1.82) is 0 Å². The Hall–Kier alpha value is -3.55. The Morgan fingerprint density at radius 3 is 1.41 bits per heavy atom. The molecule has 0 aliphatic carbocycles. The average molecular weight is 713 g/mol. The van der Waals surface area contributed by atoms with E-state index in [4.69, 9.17) is 9.47 Å². The molecule has 2 saturated heterocycles. The van der Waals surface area contributed by atoms with Crippen LogP contribution in [-0.4, -0.2) is 141 Å². The van der Waals surface area contributed by atoms with Gasteiger partial charge >= 0.3 is 0 Å². The molecule has 0 saturated carbocycles. The van der Waals surface area contributed by atoms with E-state index in [0.29, 0.717) is 9.36 Å². The van der Waals surface area contributed by atoms with E-state index in [1.165, 1.54) is 24.3 Å². The molecule has 10 atom stereocenters. The molecular weight excluding hydrogens is 682 g/mol. The monoisotopic (exact) mass is 712 g/mol. The van der Waals surface area contributed by atoms with Gasteiger partial charge in [0.05, 0.1) is 25.6 Å². The van der Waals surface area contributed by atoms with Crippen molar-refractivity contribution in [3.05, 3.63) is 72.6 Å². The van der Waals surface area contributed by atoms with Crippen molar-refractivity contribution < 1.29 is 69.3 Å². The Bertz CT molecular complexity index is 1700. The number of hydrogen-bond acceptors (Lipinski definition) is 17. The first kappa shape index (κ1) is 35.3. The second-order valence-electron chi connectivity index (χ2n) is 11.4. The molecule has 4 heterocycles. The number of halogens is 2.